The van der Waals surface area contributed by atoms with E-state index in [0.717, 1.165) is 22.3 Å². The van der Waals surface area contributed by atoms with Crippen LogP contribution in [0.5, 0.6) is 0 Å². The highest BCUT2D eigenvalue weighted by Crippen LogP contribution is 2.44. The van der Waals surface area contributed by atoms with Crippen molar-refractivity contribution in [2.45, 2.75) is 38.3 Å². The van der Waals surface area contributed by atoms with E-state index < -0.39 is 36.0 Å². The smallest absolute Gasteiger partial charge is 0.407 e. The van der Waals surface area contributed by atoms with Crippen molar-refractivity contribution in [2.24, 2.45) is 0 Å². The second-order valence-electron chi connectivity index (χ2n) is 8.79. The first-order valence-electron chi connectivity index (χ1n) is 11.7. The fourth-order valence-electron chi connectivity index (χ4n) is 4.76. The number of carboxylic acid groups (broad SMARTS) is 1. The molecule has 2 atom stereocenters. The molecule has 1 fully saturated rings. The number of rotatable bonds is 7. The highest BCUT2D eigenvalue weighted by molar-refractivity contribution is 5.92. The van der Waals surface area contributed by atoms with Gasteiger partial charge in [0.2, 0.25) is 11.8 Å². The van der Waals surface area contributed by atoms with E-state index in [1.807, 2.05) is 36.4 Å². The summed E-state index contributed by atoms with van der Waals surface area (Å²) in [6, 6.07) is 14.2. The summed E-state index contributed by atoms with van der Waals surface area (Å²) in [4.78, 5) is 51.8. The van der Waals surface area contributed by atoms with Crippen molar-refractivity contribution >= 4 is 23.9 Å². The molecule has 0 saturated carbocycles. The maximum atomic E-state index is 13.0. The molecular weight excluding hydrogens is 450 g/mol. The van der Waals surface area contributed by atoms with E-state index >= 15 is 0 Å². The van der Waals surface area contributed by atoms with Crippen molar-refractivity contribution in [3.8, 4) is 11.1 Å². The number of carbonyl (C=O) groups excluding carboxylic acids is 3. The lowest BCUT2D eigenvalue weighted by Crippen LogP contribution is -2.59. The number of nitrogens with one attached hydrogen (secondary N) is 1. The van der Waals surface area contributed by atoms with Crippen molar-refractivity contribution in [1.29, 1.82) is 0 Å². The van der Waals surface area contributed by atoms with Gasteiger partial charge in [-0.3, -0.25) is 9.59 Å². The Kier molecular flexibility index (Phi) is 7.04. The number of aliphatic carboxylic acids is 1. The Hall–Kier alpha value is -3.88. The molecule has 184 valence electrons. The third-order valence-electron chi connectivity index (χ3n) is 6.74. The van der Waals surface area contributed by atoms with E-state index in [2.05, 4.69) is 17.4 Å². The van der Waals surface area contributed by atoms with Crippen LogP contribution in [0.1, 0.15) is 37.3 Å². The molecule has 1 aliphatic heterocycles. The molecule has 2 aromatic carbocycles. The topological polar surface area (TPSA) is 116 Å². The van der Waals surface area contributed by atoms with Gasteiger partial charge in [-0.1, -0.05) is 55.5 Å². The number of hydrogen-bond donors (Lipinski definition) is 2. The number of fused-ring (bicyclic) bond motifs is 3. The van der Waals surface area contributed by atoms with Crippen LogP contribution < -0.4 is 5.32 Å². The predicted molar refractivity (Wildman–Crippen MR) is 128 cm³/mol. The van der Waals surface area contributed by atoms with Crippen LogP contribution in [0.15, 0.2) is 48.5 Å². The summed E-state index contributed by atoms with van der Waals surface area (Å²) in [7, 11) is 0. The van der Waals surface area contributed by atoms with Crippen LogP contribution in [0.4, 0.5) is 4.79 Å². The fourth-order valence-corrected chi connectivity index (χ4v) is 4.76. The molecular formula is C26H29N3O6. The largest absolute Gasteiger partial charge is 0.480 e. The molecule has 0 spiro atoms. The first kappa shape index (κ1) is 24.3. The Morgan fingerprint density at radius 3 is 2.20 bits per heavy atom. The molecule has 1 heterocycles. The van der Waals surface area contributed by atoms with Crippen molar-refractivity contribution in [3.63, 3.8) is 0 Å². The second-order valence-corrected chi connectivity index (χ2v) is 8.79. The first-order chi connectivity index (χ1) is 16.8. The number of hydrogen-bond acceptors (Lipinski definition) is 5. The van der Waals surface area contributed by atoms with E-state index in [4.69, 9.17) is 9.84 Å². The normalized spacial score (nSPS) is 16.8. The molecule has 9 nitrogen and oxygen atoms in total. The van der Waals surface area contributed by atoms with Gasteiger partial charge in [-0.2, -0.15) is 0 Å². The molecule has 9 heteroatoms. The number of carboxylic acids is 1. The van der Waals surface area contributed by atoms with Crippen LogP contribution in [0.2, 0.25) is 0 Å². The molecule has 4 rings (SSSR count). The fraction of sp³-hybridized carbons (Fsp3) is 0.385. The zero-order valence-corrected chi connectivity index (χ0v) is 19.8. The van der Waals surface area contributed by atoms with Gasteiger partial charge in [0.15, 0.2) is 0 Å². The highest BCUT2D eigenvalue weighted by atomic mass is 16.5. The number of nitrogens with zero attached hydrogens (tertiary/aromatic N) is 2. The van der Waals surface area contributed by atoms with Gasteiger partial charge >= 0.3 is 12.1 Å². The minimum Gasteiger partial charge on any atom is -0.480 e. The lowest BCUT2D eigenvalue weighted by Gasteiger charge is -2.37. The monoisotopic (exact) mass is 479 g/mol. The van der Waals surface area contributed by atoms with E-state index in [1.54, 1.807) is 6.92 Å². The molecule has 35 heavy (non-hydrogen) atoms. The molecule has 0 bridgehead atoms. The van der Waals surface area contributed by atoms with Gasteiger partial charge in [-0.25, -0.2) is 9.59 Å². The summed E-state index contributed by atoms with van der Waals surface area (Å²) in [6.07, 6.45) is -0.375. The number of benzene rings is 2. The maximum Gasteiger partial charge on any atom is 0.407 e. The quantitative estimate of drug-likeness (QED) is 0.630. The minimum atomic E-state index is -1.10. The molecule has 1 aliphatic carbocycles. The van der Waals surface area contributed by atoms with Crippen LogP contribution in [-0.4, -0.2) is 77.1 Å². The zero-order valence-electron chi connectivity index (χ0n) is 19.8. The molecule has 0 aromatic heterocycles. The van der Waals surface area contributed by atoms with Crippen molar-refractivity contribution in [2.75, 3.05) is 26.2 Å². The van der Waals surface area contributed by atoms with Gasteiger partial charge in [0.25, 0.3) is 0 Å². The lowest BCUT2D eigenvalue weighted by atomic mass is 9.98. The minimum absolute atomic E-state index is 0.0918. The average molecular weight is 480 g/mol. The molecule has 2 aliphatic rings. The number of ether oxygens (including phenoxy) is 1. The van der Waals surface area contributed by atoms with Crippen molar-refractivity contribution < 1.29 is 29.0 Å². The molecule has 3 amide bonds. The standard InChI is InChI=1S/C26H29N3O6/c1-3-22(24(31)28-12-13-29(23(30)14-28)16(2)25(32)33)27-26(34)35-15-21-19-10-6-4-8-17(19)18-9-5-7-11-20(18)21/h4-11,16,21-22H,3,12-15H2,1-2H3,(H,27,34)(H,32,33)/t16?,22-/m0/s1. The van der Waals surface area contributed by atoms with E-state index in [9.17, 15) is 19.2 Å². The van der Waals surface area contributed by atoms with E-state index in [-0.39, 0.29) is 32.2 Å². The van der Waals surface area contributed by atoms with Crippen molar-refractivity contribution in [1.82, 2.24) is 15.1 Å². The summed E-state index contributed by atoms with van der Waals surface area (Å²) in [5.41, 5.74) is 4.44. The summed E-state index contributed by atoms with van der Waals surface area (Å²) in [5.74, 6) is -2.01. The lowest BCUT2D eigenvalue weighted by molar-refractivity contribution is -0.155. The zero-order chi connectivity index (χ0) is 25.1. The number of carbonyl (C=O) groups is 4. The summed E-state index contributed by atoms with van der Waals surface area (Å²) < 4.78 is 5.54. The molecule has 1 unspecified atom stereocenters. The van der Waals surface area contributed by atoms with Gasteiger partial charge in [-0.15, -0.1) is 0 Å². The van der Waals surface area contributed by atoms with Gasteiger partial charge in [0, 0.05) is 19.0 Å². The molecule has 1 saturated heterocycles. The Morgan fingerprint density at radius 2 is 1.66 bits per heavy atom. The Bertz CT molecular complexity index is 1100. The average Bonchev–Trinajstić information content (AvgIpc) is 3.18. The molecule has 2 N–H and O–H groups in total. The van der Waals surface area contributed by atoms with Crippen LogP contribution in [-0.2, 0) is 19.1 Å². The SMILES string of the molecule is CC[C@H](NC(=O)OCC1c2ccccc2-c2ccccc21)C(=O)N1CCN(C(C)C(=O)O)C(=O)C1. The number of amides is 3. The Morgan fingerprint density at radius 1 is 1.06 bits per heavy atom. The van der Waals surface area contributed by atoms with Crippen LogP contribution in [0.3, 0.4) is 0 Å². The Balaban J connectivity index is 1.35. The van der Waals surface area contributed by atoms with Crippen LogP contribution in [0.25, 0.3) is 11.1 Å². The molecule has 0 radical (unpaired) electrons. The van der Waals surface area contributed by atoms with Crippen LogP contribution in [0, 0.1) is 0 Å². The van der Waals surface area contributed by atoms with Gasteiger partial charge < -0.3 is 25.0 Å². The third kappa shape index (κ3) is 4.84. The van der Waals surface area contributed by atoms with Crippen molar-refractivity contribution in [3.05, 3.63) is 59.7 Å². The van der Waals surface area contributed by atoms with E-state index in [1.165, 1.54) is 16.7 Å². The third-order valence-corrected chi connectivity index (χ3v) is 6.74. The van der Waals surface area contributed by atoms with E-state index in [0.29, 0.717) is 6.42 Å². The predicted octanol–water partition coefficient (Wildman–Crippen LogP) is 2.45. The van der Waals surface area contributed by atoms with Crippen LogP contribution >= 0.6 is 0 Å². The van der Waals surface area contributed by atoms with Gasteiger partial charge in [0.05, 0.1) is 6.54 Å². The highest BCUT2D eigenvalue weighted by Gasteiger charge is 2.35. The summed E-state index contributed by atoms with van der Waals surface area (Å²) in [5, 5.41) is 11.8. The maximum absolute atomic E-state index is 13.0. The number of piperazine rings is 1. The molecule has 2 aromatic rings. The van der Waals surface area contributed by atoms with Gasteiger partial charge in [0.1, 0.15) is 18.7 Å². The van der Waals surface area contributed by atoms with Gasteiger partial charge in [-0.05, 0) is 35.6 Å². The summed E-state index contributed by atoms with van der Waals surface area (Å²) in [6.45, 7) is 3.43. The summed E-state index contributed by atoms with van der Waals surface area (Å²) >= 11 is 0. The second kappa shape index (κ2) is 10.2. The first-order valence-corrected chi connectivity index (χ1v) is 11.7. The number of alkyl carbamates (subject to hydrolysis) is 1. The Labute approximate surface area is 203 Å².